The van der Waals surface area contributed by atoms with Gasteiger partial charge in [0.05, 0.1) is 15.9 Å². The Morgan fingerprint density at radius 3 is 2.56 bits per heavy atom. The number of nitrogen functional groups attached to an aromatic ring is 1. The number of rotatable bonds is 3. The molecular formula is C12H11BrFN3S. The Hall–Kier alpha value is -1.14. The molecule has 0 bridgehead atoms. The number of hydrogen-bond donors (Lipinski definition) is 1. The van der Waals surface area contributed by atoms with Crippen LogP contribution in [-0.4, -0.2) is 9.97 Å². The summed E-state index contributed by atoms with van der Waals surface area (Å²) >= 11 is 4.86. The second-order valence-corrected chi connectivity index (χ2v) is 5.51. The Bertz CT molecular complexity index is 537. The molecular weight excluding hydrogens is 317 g/mol. The molecule has 0 aliphatic carbocycles. The summed E-state index contributed by atoms with van der Waals surface area (Å²) in [6, 6.07) is 6.33. The lowest BCUT2D eigenvalue weighted by molar-refractivity contribution is 0.626. The molecule has 0 spiro atoms. The van der Waals surface area contributed by atoms with Gasteiger partial charge in [-0.3, -0.25) is 0 Å². The molecule has 6 heteroatoms. The van der Waals surface area contributed by atoms with Crippen molar-refractivity contribution in [2.45, 2.75) is 17.6 Å². The zero-order valence-corrected chi connectivity index (χ0v) is 12.1. The molecule has 1 aromatic carbocycles. The lowest BCUT2D eigenvalue weighted by Crippen LogP contribution is -2.02. The van der Waals surface area contributed by atoms with Crippen molar-refractivity contribution in [1.29, 1.82) is 0 Å². The topological polar surface area (TPSA) is 51.8 Å². The van der Waals surface area contributed by atoms with Crippen LogP contribution in [0.25, 0.3) is 0 Å². The molecule has 0 saturated heterocycles. The first-order valence-electron chi connectivity index (χ1n) is 5.23. The van der Waals surface area contributed by atoms with Gasteiger partial charge in [0.2, 0.25) is 0 Å². The summed E-state index contributed by atoms with van der Waals surface area (Å²) in [6.07, 6.45) is 0. The fourth-order valence-electron chi connectivity index (χ4n) is 1.38. The van der Waals surface area contributed by atoms with Crippen LogP contribution < -0.4 is 5.73 Å². The molecule has 18 heavy (non-hydrogen) atoms. The molecule has 0 unspecified atom stereocenters. The lowest BCUT2D eigenvalue weighted by atomic mass is 10.4. The summed E-state index contributed by atoms with van der Waals surface area (Å²) in [6.45, 7) is 1.87. The molecule has 2 N–H and O–H groups in total. The maximum absolute atomic E-state index is 12.7. The first kappa shape index (κ1) is 13.3. The van der Waals surface area contributed by atoms with Gasteiger partial charge in [-0.1, -0.05) is 0 Å². The first-order chi connectivity index (χ1) is 8.56. The minimum absolute atomic E-state index is 0.237. The average molecular weight is 328 g/mol. The maximum Gasteiger partial charge on any atom is 0.141 e. The highest BCUT2D eigenvalue weighted by molar-refractivity contribution is 9.10. The van der Waals surface area contributed by atoms with Gasteiger partial charge in [-0.05, 0) is 47.1 Å². The third-order valence-corrected chi connectivity index (χ3v) is 4.26. The Balaban J connectivity index is 2.08. The smallest absolute Gasteiger partial charge is 0.141 e. The van der Waals surface area contributed by atoms with Crippen molar-refractivity contribution in [1.82, 2.24) is 9.97 Å². The SMILES string of the molecule is Cc1nc(CSc2ccc(F)cc2)nc(N)c1Br. The number of aromatic nitrogens is 2. The lowest BCUT2D eigenvalue weighted by Gasteiger charge is -2.05. The third-order valence-electron chi connectivity index (χ3n) is 2.27. The fourth-order valence-corrected chi connectivity index (χ4v) is 2.32. The van der Waals surface area contributed by atoms with Crippen LogP contribution in [0, 0.1) is 12.7 Å². The number of benzene rings is 1. The predicted octanol–water partition coefficient (Wildman–Crippen LogP) is 3.56. The highest BCUT2D eigenvalue weighted by Crippen LogP contribution is 2.24. The van der Waals surface area contributed by atoms with Gasteiger partial charge in [-0.25, -0.2) is 14.4 Å². The Kier molecular flexibility index (Phi) is 4.19. The Morgan fingerprint density at radius 1 is 1.28 bits per heavy atom. The molecule has 2 rings (SSSR count). The van der Waals surface area contributed by atoms with E-state index in [2.05, 4.69) is 25.9 Å². The van der Waals surface area contributed by atoms with Crippen molar-refractivity contribution in [2.75, 3.05) is 5.73 Å². The minimum atomic E-state index is -0.237. The van der Waals surface area contributed by atoms with Crippen molar-refractivity contribution in [2.24, 2.45) is 0 Å². The van der Waals surface area contributed by atoms with E-state index in [0.29, 0.717) is 17.4 Å². The van der Waals surface area contributed by atoms with Gasteiger partial charge in [-0.2, -0.15) is 0 Å². The van der Waals surface area contributed by atoms with Gasteiger partial charge < -0.3 is 5.73 Å². The fraction of sp³-hybridized carbons (Fsp3) is 0.167. The van der Waals surface area contributed by atoms with E-state index in [1.807, 2.05) is 6.92 Å². The molecule has 1 heterocycles. The number of anilines is 1. The van der Waals surface area contributed by atoms with Crippen molar-refractivity contribution < 1.29 is 4.39 Å². The summed E-state index contributed by atoms with van der Waals surface area (Å²) in [5.41, 5.74) is 6.57. The van der Waals surface area contributed by atoms with Crippen molar-refractivity contribution >= 4 is 33.5 Å². The molecule has 94 valence electrons. The first-order valence-corrected chi connectivity index (χ1v) is 7.01. The number of nitrogens with zero attached hydrogens (tertiary/aromatic N) is 2. The van der Waals surface area contributed by atoms with Crippen LogP contribution >= 0.6 is 27.7 Å². The van der Waals surface area contributed by atoms with Gasteiger partial charge in [0.15, 0.2) is 0 Å². The van der Waals surface area contributed by atoms with E-state index in [1.165, 1.54) is 12.1 Å². The molecule has 0 fully saturated rings. The highest BCUT2D eigenvalue weighted by atomic mass is 79.9. The zero-order valence-electron chi connectivity index (χ0n) is 9.65. The number of nitrogens with two attached hydrogens (primary N) is 1. The second-order valence-electron chi connectivity index (χ2n) is 3.67. The maximum atomic E-state index is 12.7. The van der Waals surface area contributed by atoms with Gasteiger partial charge in [0.1, 0.15) is 17.5 Å². The van der Waals surface area contributed by atoms with E-state index < -0.39 is 0 Å². The standard InChI is InChI=1S/C12H11BrFN3S/c1-7-11(13)12(15)17-10(16-7)6-18-9-4-2-8(14)3-5-9/h2-5H,6H2,1H3,(H2,15,16,17). The largest absolute Gasteiger partial charge is 0.383 e. The molecule has 0 aliphatic heterocycles. The molecule has 0 saturated carbocycles. The van der Waals surface area contributed by atoms with Gasteiger partial charge in [-0.15, -0.1) is 11.8 Å². The third kappa shape index (κ3) is 3.20. The number of hydrogen-bond acceptors (Lipinski definition) is 4. The van der Waals surface area contributed by atoms with E-state index in [4.69, 9.17) is 5.73 Å². The number of halogens is 2. The monoisotopic (exact) mass is 327 g/mol. The summed E-state index contributed by atoms with van der Waals surface area (Å²) in [5, 5.41) is 0. The summed E-state index contributed by atoms with van der Waals surface area (Å²) in [4.78, 5) is 9.50. The molecule has 1 aromatic heterocycles. The van der Waals surface area contributed by atoms with Gasteiger partial charge in [0.25, 0.3) is 0 Å². The summed E-state index contributed by atoms with van der Waals surface area (Å²) in [5.74, 6) is 1.48. The quantitative estimate of drug-likeness (QED) is 0.876. The number of thioether (sulfide) groups is 1. The molecule has 3 nitrogen and oxygen atoms in total. The van der Waals surface area contributed by atoms with Crippen LogP contribution in [0.4, 0.5) is 10.2 Å². The van der Waals surface area contributed by atoms with E-state index in [9.17, 15) is 4.39 Å². The average Bonchev–Trinajstić information content (AvgIpc) is 2.35. The van der Waals surface area contributed by atoms with Crippen LogP contribution in [0.15, 0.2) is 33.6 Å². The molecule has 0 aliphatic rings. The zero-order chi connectivity index (χ0) is 13.1. The minimum Gasteiger partial charge on any atom is -0.383 e. The highest BCUT2D eigenvalue weighted by Gasteiger charge is 2.07. The van der Waals surface area contributed by atoms with Crippen LogP contribution in [0.1, 0.15) is 11.5 Å². The van der Waals surface area contributed by atoms with Crippen LogP contribution in [0.2, 0.25) is 0 Å². The van der Waals surface area contributed by atoms with Gasteiger partial charge >= 0.3 is 0 Å². The molecule has 0 atom stereocenters. The van der Waals surface area contributed by atoms with Crippen molar-refractivity contribution in [3.8, 4) is 0 Å². The normalized spacial score (nSPS) is 10.6. The van der Waals surface area contributed by atoms with Crippen LogP contribution in [0.3, 0.4) is 0 Å². The van der Waals surface area contributed by atoms with E-state index in [1.54, 1.807) is 23.9 Å². The van der Waals surface area contributed by atoms with E-state index >= 15 is 0 Å². The molecule has 0 radical (unpaired) electrons. The van der Waals surface area contributed by atoms with Gasteiger partial charge in [0, 0.05) is 4.90 Å². The van der Waals surface area contributed by atoms with Crippen molar-refractivity contribution in [3.63, 3.8) is 0 Å². The van der Waals surface area contributed by atoms with E-state index in [-0.39, 0.29) is 5.82 Å². The summed E-state index contributed by atoms with van der Waals surface area (Å²) in [7, 11) is 0. The predicted molar refractivity (Wildman–Crippen MR) is 74.8 cm³/mol. The second kappa shape index (κ2) is 5.67. The molecule has 2 aromatic rings. The van der Waals surface area contributed by atoms with Crippen LogP contribution in [0.5, 0.6) is 0 Å². The Labute approximate surface area is 117 Å². The Morgan fingerprint density at radius 2 is 1.94 bits per heavy atom. The van der Waals surface area contributed by atoms with E-state index in [0.717, 1.165) is 15.1 Å². The van der Waals surface area contributed by atoms with Crippen molar-refractivity contribution in [3.05, 3.63) is 46.1 Å². The molecule has 0 amide bonds. The summed E-state index contributed by atoms with van der Waals surface area (Å²) < 4.78 is 13.5. The van der Waals surface area contributed by atoms with Crippen LogP contribution in [-0.2, 0) is 5.75 Å². The number of aryl methyl sites for hydroxylation is 1.